The largest absolute Gasteiger partial charge is 0.339 e. The zero-order valence-corrected chi connectivity index (χ0v) is 7.84. The predicted octanol–water partition coefficient (Wildman–Crippen LogP) is 2.36. The number of hydrogen-bond donors (Lipinski definition) is 0. The Morgan fingerprint density at radius 2 is 2.00 bits per heavy atom. The van der Waals surface area contributed by atoms with Crippen LogP contribution in [0.2, 0.25) is 0 Å². The number of nitrogens with zero attached hydrogens (tertiary/aromatic N) is 2. The number of aromatic nitrogens is 2. The van der Waals surface area contributed by atoms with Gasteiger partial charge in [0.15, 0.2) is 5.82 Å². The number of unbranched alkanes of at least 4 members (excludes halogenated alkanes) is 1. The van der Waals surface area contributed by atoms with Gasteiger partial charge in [-0.1, -0.05) is 25.4 Å². The zero-order chi connectivity index (χ0) is 8.81. The van der Waals surface area contributed by atoms with E-state index in [1.54, 1.807) is 0 Å². The molecule has 0 spiro atoms. The topological polar surface area (TPSA) is 38.9 Å². The molecule has 0 radical (unpaired) electrons. The van der Waals surface area contributed by atoms with Gasteiger partial charge in [-0.25, -0.2) is 0 Å². The van der Waals surface area contributed by atoms with Crippen molar-refractivity contribution in [2.24, 2.45) is 0 Å². The lowest BCUT2D eigenvalue weighted by Crippen LogP contribution is -1.87. The van der Waals surface area contributed by atoms with Gasteiger partial charge < -0.3 is 4.52 Å². The standard InChI is InChI=1S/C9H16N2O/c1-3-5-7-9-10-8(6-4-2)11-12-9/h3-7H2,1-2H3. The van der Waals surface area contributed by atoms with Crippen LogP contribution in [0.5, 0.6) is 0 Å². The summed E-state index contributed by atoms with van der Waals surface area (Å²) >= 11 is 0. The fourth-order valence-corrected chi connectivity index (χ4v) is 1.04. The lowest BCUT2D eigenvalue weighted by Gasteiger charge is -1.87. The van der Waals surface area contributed by atoms with Gasteiger partial charge in [-0.3, -0.25) is 0 Å². The van der Waals surface area contributed by atoms with Crippen LogP contribution in [0.25, 0.3) is 0 Å². The first kappa shape index (κ1) is 9.23. The summed E-state index contributed by atoms with van der Waals surface area (Å²) in [5.74, 6) is 1.64. The second-order valence-corrected chi connectivity index (χ2v) is 2.96. The third-order valence-electron chi connectivity index (χ3n) is 1.73. The van der Waals surface area contributed by atoms with Crippen molar-refractivity contribution in [2.45, 2.75) is 46.0 Å². The van der Waals surface area contributed by atoms with Gasteiger partial charge in [0.05, 0.1) is 0 Å². The molecule has 0 aliphatic carbocycles. The first-order valence-corrected chi connectivity index (χ1v) is 4.68. The molecule has 0 unspecified atom stereocenters. The van der Waals surface area contributed by atoms with Gasteiger partial charge in [0.1, 0.15) is 0 Å². The summed E-state index contributed by atoms with van der Waals surface area (Å²) in [6.07, 6.45) is 5.23. The molecule has 1 rings (SSSR count). The molecular weight excluding hydrogens is 152 g/mol. The predicted molar refractivity (Wildman–Crippen MR) is 46.9 cm³/mol. The fraction of sp³-hybridized carbons (Fsp3) is 0.778. The molecule has 0 aliphatic heterocycles. The van der Waals surface area contributed by atoms with Crippen molar-refractivity contribution >= 4 is 0 Å². The number of rotatable bonds is 5. The van der Waals surface area contributed by atoms with Crippen molar-refractivity contribution in [1.82, 2.24) is 10.1 Å². The third-order valence-corrected chi connectivity index (χ3v) is 1.73. The lowest BCUT2D eigenvalue weighted by molar-refractivity contribution is 0.370. The molecule has 68 valence electrons. The Labute approximate surface area is 73.2 Å². The van der Waals surface area contributed by atoms with Gasteiger partial charge in [0.2, 0.25) is 5.89 Å². The van der Waals surface area contributed by atoms with Gasteiger partial charge in [-0.05, 0) is 12.8 Å². The Kier molecular flexibility index (Phi) is 3.77. The monoisotopic (exact) mass is 168 g/mol. The molecule has 0 amide bonds. The highest BCUT2D eigenvalue weighted by Crippen LogP contribution is 2.03. The van der Waals surface area contributed by atoms with E-state index in [9.17, 15) is 0 Å². The minimum absolute atomic E-state index is 0.792. The summed E-state index contributed by atoms with van der Waals surface area (Å²) in [6.45, 7) is 4.27. The van der Waals surface area contributed by atoms with E-state index in [4.69, 9.17) is 4.52 Å². The van der Waals surface area contributed by atoms with Crippen molar-refractivity contribution in [2.75, 3.05) is 0 Å². The Morgan fingerprint density at radius 1 is 1.17 bits per heavy atom. The van der Waals surface area contributed by atoms with Crippen molar-refractivity contribution in [3.8, 4) is 0 Å². The van der Waals surface area contributed by atoms with Crippen molar-refractivity contribution < 1.29 is 4.52 Å². The van der Waals surface area contributed by atoms with Crippen molar-refractivity contribution in [3.05, 3.63) is 11.7 Å². The average Bonchev–Trinajstić information content (AvgIpc) is 2.50. The highest BCUT2D eigenvalue weighted by Gasteiger charge is 2.03. The molecule has 0 fully saturated rings. The second-order valence-electron chi connectivity index (χ2n) is 2.96. The molecule has 12 heavy (non-hydrogen) atoms. The van der Waals surface area contributed by atoms with E-state index in [1.165, 1.54) is 6.42 Å². The molecule has 3 heteroatoms. The maximum atomic E-state index is 5.06. The summed E-state index contributed by atoms with van der Waals surface area (Å²) < 4.78 is 5.06. The van der Waals surface area contributed by atoms with Crippen LogP contribution in [-0.4, -0.2) is 10.1 Å². The quantitative estimate of drug-likeness (QED) is 0.677. The SMILES string of the molecule is CCCCc1nc(CCC)no1. The van der Waals surface area contributed by atoms with Crippen LogP contribution in [0.15, 0.2) is 4.52 Å². The Morgan fingerprint density at radius 3 is 2.67 bits per heavy atom. The third kappa shape index (κ3) is 2.64. The van der Waals surface area contributed by atoms with Crippen LogP contribution in [0.1, 0.15) is 44.8 Å². The lowest BCUT2D eigenvalue weighted by atomic mass is 10.2. The Balaban J connectivity index is 2.41. The van der Waals surface area contributed by atoms with E-state index in [-0.39, 0.29) is 0 Å². The van der Waals surface area contributed by atoms with Crippen molar-refractivity contribution in [3.63, 3.8) is 0 Å². The molecule has 0 N–H and O–H groups in total. The summed E-state index contributed by atoms with van der Waals surface area (Å²) in [5, 5.41) is 3.87. The maximum absolute atomic E-state index is 5.06. The van der Waals surface area contributed by atoms with Crippen LogP contribution in [0.3, 0.4) is 0 Å². The second kappa shape index (κ2) is 4.91. The van der Waals surface area contributed by atoms with Crippen molar-refractivity contribution in [1.29, 1.82) is 0 Å². The van der Waals surface area contributed by atoms with E-state index in [1.807, 2.05) is 0 Å². The van der Waals surface area contributed by atoms with Gasteiger partial charge in [-0.15, -0.1) is 0 Å². The molecule has 0 aromatic carbocycles. The Hall–Kier alpha value is -0.860. The van der Waals surface area contributed by atoms with E-state index in [0.717, 1.165) is 37.4 Å². The number of hydrogen-bond acceptors (Lipinski definition) is 3. The molecule has 0 aliphatic rings. The number of aryl methyl sites for hydroxylation is 2. The summed E-state index contributed by atoms with van der Waals surface area (Å²) in [6, 6.07) is 0. The summed E-state index contributed by atoms with van der Waals surface area (Å²) in [4.78, 5) is 4.26. The van der Waals surface area contributed by atoms with E-state index < -0.39 is 0 Å². The molecule has 0 saturated heterocycles. The van der Waals surface area contributed by atoms with Crippen LogP contribution in [-0.2, 0) is 12.8 Å². The molecular formula is C9H16N2O. The van der Waals surface area contributed by atoms with Gasteiger partial charge in [-0.2, -0.15) is 4.98 Å². The highest BCUT2D eigenvalue weighted by atomic mass is 16.5. The smallest absolute Gasteiger partial charge is 0.226 e. The maximum Gasteiger partial charge on any atom is 0.226 e. The average molecular weight is 168 g/mol. The van der Waals surface area contributed by atoms with Crippen LogP contribution >= 0.6 is 0 Å². The first-order chi connectivity index (χ1) is 5.86. The molecule has 1 aromatic heterocycles. The summed E-state index contributed by atoms with van der Waals surface area (Å²) in [5.41, 5.74) is 0. The zero-order valence-electron chi connectivity index (χ0n) is 7.84. The van der Waals surface area contributed by atoms with E-state index >= 15 is 0 Å². The molecule has 1 heterocycles. The van der Waals surface area contributed by atoms with E-state index in [0.29, 0.717) is 0 Å². The van der Waals surface area contributed by atoms with Crippen LogP contribution in [0.4, 0.5) is 0 Å². The van der Waals surface area contributed by atoms with Crippen LogP contribution in [0, 0.1) is 0 Å². The highest BCUT2D eigenvalue weighted by molar-refractivity contribution is 4.86. The molecule has 3 nitrogen and oxygen atoms in total. The molecule has 0 saturated carbocycles. The first-order valence-electron chi connectivity index (χ1n) is 4.68. The van der Waals surface area contributed by atoms with Crippen LogP contribution < -0.4 is 0 Å². The molecule has 1 aromatic rings. The van der Waals surface area contributed by atoms with Gasteiger partial charge in [0, 0.05) is 12.8 Å². The normalized spacial score (nSPS) is 10.5. The minimum atomic E-state index is 0.792. The Bertz CT molecular complexity index is 220. The molecule has 0 bridgehead atoms. The summed E-state index contributed by atoms with van der Waals surface area (Å²) in [7, 11) is 0. The fourth-order valence-electron chi connectivity index (χ4n) is 1.04. The van der Waals surface area contributed by atoms with E-state index in [2.05, 4.69) is 24.0 Å². The molecule has 0 atom stereocenters. The van der Waals surface area contributed by atoms with Gasteiger partial charge in [0.25, 0.3) is 0 Å². The van der Waals surface area contributed by atoms with Gasteiger partial charge >= 0.3 is 0 Å². The minimum Gasteiger partial charge on any atom is -0.339 e.